The van der Waals surface area contributed by atoms with Gasteiger partial charge in [-0.1, -0.05) is 12.1 Å². The number of hydrogen-bond donors (Lipinski definition) is 1. The van der Waals surface area contributed by atoms with Crippen molar-refractivity contribution in [1.82, 2.24) is 4.90 Å². The van der Waals surface area contributed by atoms with E-state index in [0.29, 0.717) is 0 Å². The maximum atomic E-state index is 3.55. The van der Waals surface area contributed by atoms with Gasteiger partial charge in [0, 0.05) is 21.6 Å². The Bertz CT molecular complexity index is 508. The molecule has 0 atom stereocenters. The fourth-order valence-corrected chi connectivity index (χ4v) is 3.21. The van der Waals surface area contributed by atoms with Crippen molar-refractivity contribution in [3.05, 3.63) is 50.6 Å². The van der Waals surface area contributed by atoms with Crippen LogP contribution >= 0.6 is 27.3 Å². The molecule has 2 rings (SSSR count). The van der Waals surface area contributed by atoms with E-state index in [-0.39, 0.29) is 0 Å². The van der Waals surface area contributed by atoms with Gasteiger partial charge in [0.2, 0.25) is 0 Å². The lowest BCUT2D eigenvalue weighted by atomic mass is 10.2. The van der Waals surface area contributed by atoms with Crippen LogP contribution < -0.4 is 5.32 Å². The molecule has 0 bridgehead atoms. The zero-order chi connectivity index (χ0) is 13.0. The first-order valence-electron chi connectivity index (χ1n) is 5.84. The van der Waals surface area contributed by atoms with Gasteiger partial charge < -0.3 is 10.2 Å². The van der Waals surface area contributed by atoms with Crippen LogP contribution in [0.5, 0.6) is 0 Å². The van der Waals surface area contributed by atoms with E-state index in [9.17, 15) is 0 Å². The average molecular weight is 325 g/mol. The lowest BCUT2D eigenvalue weighted by Crippen LogP contribution is -2.10. The van der Waals surface area contributed by atoms with Gasteiger partial charge in [0.25, 0.3) is 0 Å². The quantitative estimate of drug-likeness (QED) is 0.887. The Balaban J connectivity index is 1.99. The summed E-state index contributed by atoms with van der Waals surface area (Å²) in [5, 5.41) is 5.56. The minimum atomic E-state index is 0.865. The second-order valence-electron chi connectivity index (χ2n) is 4.48. The number of hydrogen-bond acceptors (Lipinski definition) is 3. The van der Waals surface area contributed by atoms with Gasteiger partial charge in [-0.15, -0.1) is 11.3 Å². The molecule has 0 unspecified atom stereocenters. The van der Waals surface area contributed by atoms with Gasteiger partial charge in [-0.2, -0.15) is 0 Å². The van der Waals surface area contributed by atoms with Crippen molar-refractivity contribution in [3.8, 4) is 0 Å². The molecule has 0 spiro atoms. The molecule has 2 aromatic rings. The number of thiophene rings is 1. The van der Waals surface area contributed by atoms with Gasteiger partial charge in [0.15, 0.2) is 0 Å². The van der Waals surface area contributed by atoms with E-state index in [0.717, 1.165) is 13.1 Å². The van der Waals surface area contributed by atoms with E-state index >= 15 is 0 Å². The highest BCUT2D eigenvalue weighted by Crippen LogP contribution is 2.23. The maximum absolute atomic E-state index is 3.55. The van der Waals surface area contributed by atoms with Crippen molar-refractivity contribution in [2.45, 2.75) is 13.1 Å². The van der Waals surface area contributed by atoms with E-state index in [1.165, 1.54) is 20.6 Å². The average Bonchev–Trinajstić information content (AvgIpc) is 2.72. The summed E-state index contributed by atoms with van der Waals surface area (Å²) >= 11 is 5.32. The van der Waals surface area contributed by atoms with Crippen LogP contribution in [0.2, 0.25) is 0 Å². The molecule has 0 saturated heterocycles. The van der Waals surface area contributed by atoms with Crippen LogP contribution in [0.25, 0.3) is 0 Å². The lowest BCUT2D eigenvalue weighted by molar-refractivity contribution is 0.402. The highest BCUT2D eigenvalue weighted by atomic mass is 79.9. The summed E-state index contributed by atoms with van der Waals surface area (Å²) < 4.78 is 1.18. The normalized spacial score (nSPS) is 10.9. The Morgan fingerprint density at radius 3 is 2.78 bits per heavy atom. The van der Waals surface area contributed by atoms with Crippen molar-refractivity contribution in [2.75, 3.05) is 19.4 Å². The zero-order valence-corrected chi connectivity index (χ0v) is 13.0. The Labute approximate surface area is 121 Å². The summed E-state index contributed by atoms with van der Waals surface area (Å²) in [5.74, 6) is 0. The molecule has 0 aliphatic heterocycles. The Hall–Kier alpha value is -0.840. The van der Waals surface area contributed by atoms with Gasteiger partial charge in [-0.05, 0) is 59.2 Å². The van der Waals surface area contributed by atoms with Crippen molar-refractivity contribution in [1.29, 1.82) is 0 Å². The molecular formula is C14H17BrN2S. The van der Waals surface area contributed by atoms with Gasteiger partial charge in [0.05, 0.1) is 6.54 Å². The molecule has 1 N–H and O–H groups in total. The third-order valence-corrected chi connectivity index (χ3v) is 4.50. The third-order valence-electron chi connectivity index (χ3n) is 2.57. The highest BCUT2D eigenvalue weighted by molar-refractivity contribution is 9.10. The van der Waals surface area contributed by atoms with E-state index < -0.39 is 0 Å². The zero-order valence-electron chi connectivity index (χ0n) is 10.6. The standard InChI is InChI=1S/C14H17BrN2S/c1-17(2)10-11-4-3-5-12(8-11)16-9-14-13(15)6-7-18-14/h3-8,16H,9-10H2,1-2H3. The molecular weight excluding hydrogens is 308 g/mol. The van der Waals surface area contributed by atoms with Gasteiger partial charge in [0.1, 0.15) is 0 Å². The Kier molecular flexibility index (Phi) is 4.80. The van der Waals surface area contributed by atoms with E-state index in [1.807, 2.05) is 0 Å². The second kappa shape index (κ2) is 6.36. The number of nitrogens with zero attached hydrogens (tertiary/aromatic N) is 1. The Morgan fingerprint density at radius 2 is 2.11 bits per heavy atom. The summed E-state index contributed by atoms with van der Waals surface area (Å²) in [7, 11) is 4.17. The van der Waals surface area contributed by atoms with Crippen LogP contribution in [-0.4, -0.2) is 19.0 Å². The van der Waals surface area contributed by atoms with Crippen molar-refractivity contribution >= 4 is 33.0 Å². The molecule has 96 valence electrons. The van der Waals surface area contributed by atoms with Gasteiger partial charge in [-0.25, -0.2) is 0 Å². The lowest BCUT2D eigenvalue weighted by Gasteiger charge is -2.11. The van der Waals surface area contributed by atoms with Crippen molar-refractivity contribution in [3.63, 3.8) is 0 Å². The molecule has 1 aromatic heterocycles. The molecule has 2 nitrogen and oxygen atoms in total. The monoisotopic (exact) mass is 324 g/mol. The molecule has 18 heavy (non-hydrogen) atoms. The molecule has 0 aliphatic carbocycles. The van der Waals surface area contributed by atoms with Crippen LogP contribution in [-0.2, 0) is 13.1 Å². The van der Waals surface area contributed by atoms with Crippen LogP contribution in [0, 0.1) is 0 Å². The number of nitrogens with one attached hydrogen (secondary N) is 1. The van der Waals surface area contributed by atoms with Crippen LogP contribution in [0.15, 0.2) is 40.2 Å². The first-order chi connectivity index (χ1) is 8.65. The molecule has 0 saturated carbocycles. The molecule has 0 radical (unpaired) electrons. The summed E-state index contributed by atoms with van der Waals surface area (Å²) in [6.45, 7) is 1.84. The van der Waals surface area contributed by atoms with E-state index in [4.69, 9.17) is 0 Å². The minimum absolute atomic E-state index is 0.865. The third kappa shape index (κ3) is 3.83. The highest BCUT2D eigenvalue weighted by Gasteiger charge is 2.02. The predicted octanol–water partition coefficient (Wildman–Crippen LogP) is 4.18. The summed E-state index contributed by atoms with van der Waals surface area (Å²) in [6, 6.07) is 10.7. The van der Waals surface area contributed by atoms with Gasteiger partial charge >= 0.3 is 0 Å². The van der Waals surface area contributed by atoms with E-state index in [1.54, 1.807) is 11.3 Å². The van der Waals surface area contributed by atoms with Crippen molar-refractivity contribution < 1.29 is 0 Å². The molecule has 1 heterocycles. The van der Waals surface area contributed by atoms with Crippen LogP contribution in [0.1, 0.15) is 10.4 Å². The van der Waals surface area contributed by atoms with Crippen LogP contribution in [0.4, 0.5) is 5.69 Å². The van der Waals surface area contributed by atoms with Crippen LogP contribution in [0.3, 0.4) is 0 Å². The molecule has 1 aromatic carbocycles. The SMILES string of the molecule is CN(C)Cc1cccc(NCc2sccc2Br)c1. The molecule has 4 heteroatoms. The fourth-order valence-electron chi connectivity index (χ4n) is 1.78. The van der Waals surface area contributed by atoms with E-state index in [2.05, 4.69) is 76.0 Å². The molecule has 0 fully saturated rings. The van der Waals surface area contributed by atoms with Gasteiger partial charge in [-0.3, -0.25) is 0 Å². The summed E-state index contributed by atoms with van der Waals surface area (Å²) in [6.07, 6.45) is 0. The predicted molar refractivity (Wildman–Crippen MR) is 83.2 cm³/mol. The Morgan fingerprint density at radius 1 is 1.28 bits per heavy atom. The summed E-state index contributed by atoms with van der Waals surface area (Å²) in [4.78, 5) is 3.50. The summed E-state index contributed by atoms with van der Waals surface area (Å²) in [5.41, 5.74) is 2.50. The molecule has 0 amide bonds. The minimum Gasteiger partial charge on any atom is -0.380 e. The first-order valence-corrected chi connectivity index (χ1v) is 7.52. The smallest absolute Gasteiger partial charge is 0.0505 e. The topological polar surface area (TPSA) is 15.3 Å². The number of anilines is 1. The second-order valence-corrected chi connectivity index (χ2v) is 6.34. The largest absolute Gasteiger partial charge is 0.380 e. The number of rotatable bonds is 5. The molecule has 0 aliphatic rings. The number of benzene rings is 1. The maximum Gasteiger partial charge on any atom is 0.0505 e. The fraction of sp³-hybridized carbons (Fsp3) is 0.286. The number of halogens is 1. The van der Waals surface area contributed by atoms with Crippen molar-refractivity contribution in [2.24, 2.45) is 0 Å². The first kappa shape index (κ1) is 13.6.